The molecule has 0 saturated carbocycles. The van der Waals surface area contributed by atoms with Gasteiger partial charge in [0.25, 0.3) is 5.56 Å². The first-order valence-corrected chi connectivity index (χ1v) is 7.55. The summed E-state index contributed by atoms with van der Waals surface area (Å²) in [6.07, 6.45) is 1.64. The predicted molar refractivity (Wildman–Crippen MR) is 85.2 cm³/mol. The molecule has 0 fully saturated rings. The molecule has 8 heteroatoms. The number of carbonyl (C=O) groups is 1. The summed E-state index contributed by atoms with van der Waals surface area (Å²) in [5.41, 5.74) is 0.998. The average molecular weight is 314 g/mol. The maximum Gasteiger partial charge on any atom is 0.297 e. The van der Waals surface area contributed by atoms with Crippen molar-refractivity contribution < 1.29 is 4.79 Å². The number of aryl methyl sites for hydroxylation is 1. The highest BCUT2D eigenvalue weighted by Gasteiger charge is 2.18. The molecule has 3 aromatic heterocycles. The molecule has 0 aliphatic heterocycles. The first-order valence-electron chi connectivity index (χ1n) is 7.55. The number of pyridine rings is 1. The maximum absolute atomic E-state index is 12.7. The topological polar surface area (TPSA) is 85.4 Å². The number of rotatable bonds is 4. The number of likely N-dealkylation sites (N-methyl/N-ethyl adjacent to an activating group) is 1. The Morgan fingerprint density at radius 3 is 2.65 bits per heavy atom. The monoisotopic (exact) mass is 314 g/mol. The molecular weight excluding hydrogens is 296 g/mol. The van der Waals surface area contributed by atoms with Crippen LogP contribution in [0.5, 0.6) is 0 Å². The van der Waals surface area contributed by atoms with E-state index in [9.17, 15) is 9.59 Å². The zero-order valence-corrected chi connectivity index (χ0v) is 13.4. The highest BCUT2D eigenvalue weighted by Crippen LogP contribution is 2.12. The number of nitrogens with zero attached hydrogens (tertiary/aromatic N) is 6. The van der Waals surface area contributed by atoms with Crippen LogP contribution in [-0.4, -0.2) is 48.0 Å². The molecule has 3 rings (SSSR count). The normalized spacial score (nSPS) is 11.3. The zero-order chi connectivity index (χ0) is 16.6. The summed E-state index contributed by atoms with van der Waals surface area (Å²) >= 11 is 0. The largest absolute Gasteiger partial charge is 0.342 e. The van der Waals surface area contributed by atoms with Crippen LogP contribution in [-0.2, 0) is 11.3 Å². The van der Waals surface area contributed by atoms with Crippen LogP contribution in [0.2, 0.25) is 0 Å². The van der Waals surface area contributed by atoms with Crippen LogP contribution in [0.15, 0.2) is 23.1 Å². The Hall–Kier alpha value is -2.77. The zero-order valence-electron chi connectivity index (χ0n) is 13.4. The predicted octanol–water partition coefficient (Wildman–Crippen LogP) is 0.616. The molecule has 0 aliphatic rings. The van der Waals surface area contributed by atoms with Crippen molar-refractivity contribution in [2.75, 3.05) is 13.1 Å². The van der Waals surface area contributed by atoms with E-state index in [1.54, 1.807) is 34.6 Å². The third kappa shape index (κ3) is 2.36. The molecular formula is C15H18N6O2. The quantitative estimate of drug-likeness (QED) is 0.704. The van der Waals surface area contributed by atoms with E-state index in [4.69, 9.17) is 0 Å². The summed E-state index contributed by atoms with van der Waals surface area (Å²) in [5, 5.41) is 7.89. The average Bonchev–Trinajstić information content (AvgIpc) is 2.95. The Bertz CT molecular complexity index is 938. The number of hydrogen-bond donors (Lipinski definition) is 0. The third-order valence-corrected chi connectivity index (χ3v) is 3.94. The minimum atomic E-state index is -0.341. The van der Waals surface area contributed by atoms with E-state index in [2.05, 4.69) is 15.2 Å². The van der Waals surface area contributed by atoms with Gasteiger partial charge >= 0.3 is 0 Å². The van der Waals surface area contributed by atoms with Crippen molar-refractivity contribution in [2.24, 2.45) is 0 Å². The van der Waals surface area contributed by atoms with Crippen LogP contribution in [0.25, 0.3) is 16.8 Å². The smallest absolute Gasteiger partial charge is 0.297 e. The SMILES string of the molecule is CCN(CC)C(=O)Cn1c(=O)c2nnc(C)n2c2ncccc21. The van der Waals surface area contributed by atoms with Crippen LogP contribution in [0, 0.1) is 6.92 Å². The van der Waals surface area contributed by atoms with Crippen LogP contribution in [0.1, 0.15) is 19.7 Å². The fourth-order valence-corrected chi connectivity index (χ4v) is 2.72. The van der Waals surface area contributed by atoms with Crippen LogP contribution in [0.4, 0.5) is 0 Å². The van der Waals surface area contributed by atoms with Gasteiger partial charge in [-0.1, -0.05) is 0 Å². The first kappa shape index (κ1) is 15.1. The van der Waals surface area contributed by atoms with Gasteiger partial charge in [-0.3, -0.25) is 18.6 Å². The Labute approximate surface area is 132 Å². The summed E-state index contributed by atoms with van der Waals surface area (Å²) in [6.45, 7) is 6.76. The van der Waals surface area contributed by atoms with Gasteiger partial charge in [-0.2, -0.15) is 0 Å². The lowest BCUT2D eigenvalue weighted by Crippen LogP contribution is -2.37. The summed E-state index contributed by atoms with van der Waals surface area (Å²) in [5.74, 6) is 0.478. The minimum absolute atomic E-state index is 0.0366. The van der Waals surface area contributed by atoms with Crippen LogP contribution in [0.3, 0.4) is 0 Å². The molecule has 3 aromatic rings. The van der Waals surface area contributed by atoms with Gasteiger partial charge in [0.1, 0.15) is 12.4 Å². The van der Waals surface area contributed by atoms with Crippen LogP contribution >= 0.6 is 0 Å². The van der Waals surface area contributed by atoms with Gasteiger partial charge in [-0.05, 0) is 32.9 Å². The molecule has 0 aliphatic carbocycles. The highest BCUT2D eigenvalue weighted by molar-refractivity contribution is 5.80. The van der Waals surface area contributed by atoms with Gasteiger partial charge in [0, 0.05) is 19.3 Å². The van der Waals surface area contributed by atoms with Gasteiger partial charge < -0.3 is 4.90 Å². The lowest BCUT2D eigenvalue weighted by Gasteiger charge is -2.20. The maximum atomic E-state index is 12.7. The second kappa shape index (κ2) is 5.79. The van der Waals surface area contributed by atoms with E-state index in [1.807, 2.05) is 13.8 Å². The Morgan fingerprint density at radius 2 is 1.96 bits per heavy atom. The lowest BCUT2D eigenvalue weighted by molar-refractivity contribution is -0.131. The van der Waals surface area contributed by atoms with Gasteiger partial charge in [-0.25, -0.2) is 4.98 Å². The van der Waals surface area contributed by atoms with E-state index >= 15 is 0 Å². The molecule has 0 bridgehead atoms. The molecule has 0 spiro atoms. The van der Waals surface area contributed by atoms with E-state index in [-0.39, 0.29) is 23.7 Å². The van der Waals surface area contributed by atoms with Crippen molar-refractivity contribution >= 4 is 22.7 Å². The molecule has 23 heavy (non-hydrogen) atoms. The first-order chi connectivity index (χ1) is 11.1. The van der Waals surface area contributed by atoms with Gasteiger partial charge in [0.2, 0.25) is 11.6 Å². The Kier molecular flexibility index (Phi) is 3.81. The standard InChI is InChI=1S/C15H18N6O2/c1-4-19(5-2)12(22)9-20-11-7-6-8-16-13(11)21-10(3)17-18-14(21)15(20)23/h6-8H,4-5,9H2,1-3H3. The summed E-state index contributed by atoms with van der Waals surface area (Å²) in [4.78, 5) is 31.2. The number of amides is 1. The number of aromatic nitrogens is 5. The van der Waals surface area contributed by atoms with Crippen molar-refractivity contribution in [2.45, 2.75) is 27.3 Å². The van der Waals surface area contributed by atoms with Crippen molar-refractivity contribution in [1.29, 1.82) is 0 Å². The minimum Gasteiger partial charge on any atom is -0.342 e. The molecule has 120 valence electrons. The molecule has 3 heterocycles. The summed E-state index contributed by atoms with van der Waals surface area (Å²) in [6, 6.07) is 3.52. The fraction of sp³-hybridized carbons (Fsp3) is 0.400. The molecule has 0 radical (unpaired) electrons. The second-order valence-corrected chi connectivity index (χ2v) is 5.21. The summed E-state index contributed by atoms with van der Waals surface area (Å²) < 4.78 is 3.04. The van der Waals surface area contributed by atoms with Crippen LogP contribution < -0.4 is 5.56 Å². The molecule has 0 saturated heterocycles. The van der Waals surface area contributed by atoms with E-state index in [0.717, 1.165) is 0 Å². The Balaban J connectivity index is 2.25. The molecule has 0 N–H and O–H groups in total. The molecule has 0 aromatic carbocycles. The lowest BCUT2D eigenvalue weighted by atomic mass is 10.3. The van der Waals surface area contributed by atoms with E-state index in [0.29, 0.717) is 30.1 Å². The third-order valence-electron chi connectivity index (χ3n) is 3.94. The van der Waals surface area contributed by atoms with Gasteiger partial charge in [0.15, 0.2) is 5.65 Å². The van der Waals surface area contributed by atoms with Gasteiger partial charge in [0.05, 0.1) is 5.52 Å². The number of carbonyl (C=O) groups excluding carboxylic acids is 1. The Morgan fingerprint density at radius 1 is 1.22 bits per heavy atom. The van der Waals surface area contributed by atoms with Gasteiger partial charge in [-0.15, -0.1) is 10.2 Å². The van der Waals surface area contributed by atoms with Crippen molar-refractivity contribution in [3.05, 3.63) is 34.5 Å². The molecule has 1 amide bonds. The molecule has 8 nitrogen and oxygen atoms in total. The van der Waals surface area contributed by atoms with Crippen molar-refractivity contribution in [3.63, 3.8) is 0 Å². The van der Waals surface area contributed by atoms with Crippen molar-refractivity contribution in [1.82, 2.24) is 29.0 Å². The highest BCUT2D eigenvalue weighted by atomic mass is 16.2. The van der Waals surface area contributed by atoms with E-state index < -0.39 is 0 Å². The van der Waals surface area contributed by atoms with E-state index in [1.165, 1.54) is 4.57 Å². The second-order valence-electron chi connectivity index (χ2n) is 5.21. The number of fused-ring (bicyclic) bond motifs is 3. The number of hydrogen-bond acceptors (Lipinski definition) is 5. The molecule has 0 unspecified atom stereocenters. The fourth-order valence-electron chi connectivity index (χ4n) is 2.72. The van der Waals surface area contributed by atoms with Crippen molar-refractivity contribution in [3.8, 4) is 0 Å². The summed E-state index contributed by atoms with van der Waals surface area (Å²) in [7, 11) is 0. The molecule has 0 atom stereocenters.